The average molecular weight is 525 g/mol. The lowest BCUT2D eigenvalue weighted by atomic mass is 10.2. The minimum Gasteiger partial charge on any atom is -0.302 e. The monoisotopic (exact) mass is 525 g/mol. The summed E-state index contributed by atoms with van der Waals surface area (Å²) in [5, 5.41) is 26.1. The zero-order valence-electron chi connectivity index (χ0n) is 20.5. The smallest absolute Gasteiger partial charge is 0.302 e. The highest BCUT2D eigenvalue weighted by molar-refractivity contribution is 7.54. The van der Waals surface area contributed by atoms with Gasteiger partial charge in [-0.1, -0.05) is 66.2 Å². The largest absolute Gasteiger partial charge is 0.352 e. The number of nitrogens with zero attached hydrogens (tertiary/aromatic N) is 2. The van der Waals surface area contributed by atoms with Crippen molar-refractivity contribution in [3.63, 3.8) is 0 Å². The Morgan fingerprint density at radius 1 is 0.838 bits per heavy atom. The van der Waals surface area contributed by atoms with E-state index < -0.39 is 23.2 Å². The highest BCUT2D eigenvalue weighted by Crippen LogP contribution is 2.55. The fourth-order valence-electron chi connectivity index (χ4n) is 3.53. The number of allylic oxidation sites excluding steroid dienone is 1. The van der Waals surface area contributed by atoms with Gasteiger partial charge in [-0.15, -0.1) is 0 Å². The second-order valence-electron chi connectivity index (χ2n) is 8.41. The van der Waals surface area contributed by atoms with Crippen molar-refractivity contribution in [3.8, 4) is 0 Å². The lowest BCUT2D eigenvalue weighted by molar-refractivity contribution is -0.385. The van der Waals surface area contributed by atoms with Gasteiger partial charge in [0.2, 0.25) is 0 Å². The zero-order valence-corrected chi connectivity index (χ0v) is 21.4. The lowest BCUT2D eigenvalue weighted by Crippen LogP contribution is -2.29. The van der Waals surface area contributed by atoms with E-state index in [-0.39, 0.29) is 35.7 Å². The second-order valence-corrected chi connectivity index (χ2v) is 10.6. The quantitative estimate of drug-likeness (QED) is 0.115. The van der Waals surface area contributed by atoms with Crippen LogP contribution in [0.15, 0.2) is 90.5 Å². The van der Waals surface area contributed by atoms with Gasteiger partial charge in [0, 0.05) is 18.7 Å². The van der Waals surface area contributed by atoms with E-state index in [4.69, 9.17) is 9.05 Å². The first-order valence-corrected chi connectivity index (χ1v) is 13.1. The normalized spacial score (nSPS) is 12.1. The molecule has 0 saturated heterocycles. The molecule has 11 heteroatoms. The van der Waals surface area contributed by atoms with Crippen molar-refractivity contribution in [1.29, 1.82) is 0 Å². The van der Waals surface area contributed by atoms with Crippen LogP contribution in [0.3, 0.4) is 0 Å². The molecule has 1 atom stereocenters. The maximum atomic E-state index is 14.3. The van der Waals surface area contributed by atoms with E-state index in [0.29, 0.717) is 6.54 Å². The molecule has 194 valence electrons. The summed E-state index contributed by atoms with van der Waals surface area (Å²) in [6, 6.07) is 21.4. The summed E-state index contributed by atoms with van der Waals surface area (Å²) in [5.41, 5.74) is 1.85. The third-order valence-corrected chi connectivity index (χ3v) is 7.36. The summed E-state index contributed by atoms with van der Waals surface area (Å²) in [4.78, 5) is 21.8. The Morgan fingerprint density at radius 3 is 1.76 bits per heavy atom. The molecule has 0 radical (unpaired) electrons. The Bertz CT molecular complexity index is 1240. The molecule has 0 aliphatic heterocycles. The van der Waals surface area contributed by atoms with Crippen molar-refractivity contribution in [2.75, 3.05) is 0 Å². The Kier molecular flexibility index (Phi) is 9.82. The molecule has 0 amide bonds. The van der Waals surface area contributed by atoms with Crippen LogP contribution in [-0.4, -0.2) is 15.6 Å². The Labute approximate surface area is 214 Å². The average Bonchev–Trinajstić information content (AvgIpc) is 2.89. The van der Waals surface area contributed by atoms with Crippen LogP contribution in [0.5, 0.6) is 0 Å². The van der Waals surface area contributed by atoms with E-state index in [0.717, 1.165) is 11.1 Å². The molecule has 0 aromatic heterocycles. The zero-order chi connectivity index (χ0) is 26.8. The van der Waals surface area contributed by atoms with E-state index in [1.54, 1.807) is 18.2 Å². The van der Waals surface area contributed by atoms with Crippen molar-refractivity contribution in [2.24, 2.45) is 0 Å². The van der Waals surface area contributed by atoms with Gasteiger partial charge >= 0.3 is 7.60 Å². The first kappa shape index (κ1) is 27.9. The van der Waals surface area contributed by atoms with Crippen LogP contribution in [0.2, 0.25) is 0 Å². The van der Waals surface area contributed by atoms with Crippen LogP contribution in [0, 0.1) is 20.2 Å². The minimum atomic E-state index is -4.08. The number of hydrogen-bond donors (Lipinski definition) is 1. The highest BCUT2D eigenvalue weighted by atomic mass is 31.2. The third-order valence-electron chi connectivity index (χ3n) is 5.37. The molecule has 0 aliphatic rings. The number of nitro benzene ring substituents is 2. The van der Waals surface area contributed by atoms with Gasteiger partial charge in [0.25, 0.3) is 11.4 Å². The number of nitrogens with one attached hydrogen (secondary N) is 1. The molecule has 0 unspecified atom stereocenters. The van der Waals surface area contributed by atoms with Crippen molar-refractivity contribution in [3.05, 3.63) is 127 Å². The summed E-state index contributed by atoms with van der Waals surface area (Å²) in [6.45, 7) is 3.27. The summed E-state index contributed by atoms with van der Waals surface area (Å²) >= 11 is 0. The SMILES string of the molecule is CC(C)=C[C@H](NCc1ccccc1)P(=O)(OCc1ccccc1[N+](=O)[O-])OCc1ccccc1[N+](=O)[O-]. The summed E-state index contributed by atoms with van der Waals surface area (Å²) < 4.78 is 26.0. The van der Waals surface area contributed by atoms with Gasteiger partial charge < -0.3 is 9.05 Å². The topological polar surface area (TPSA) is 134 Å². The molecule has 0 saturated carbocycles. The van der Waals surface area contributed by atoms with E-state index in [9.17, 15) is 24.8 Å². The van der Waals surface area contributed by atoms with Gasteiger partial charge in [0.1, 0.15) is 5.78 Å². The number of nitro groups is 2. The van der Waals surface area contributed by atoms with Crippen LogP contribution in [0.25, 0.3) is 0 Å². The van der Waals surface area contributed by atoms with Crippen molar-refractivity contribution in [1.82, 2.24) is 5.32 Å². The van der Waals surface area contributed by atoms with Crippen LogP contribution in [-0.2, 0) is 33.4 Å². The molecule has 3 rings (SSSR count). The molecule has 0 heterocycles. The van der Waals surface area contributed by atoms with E-state index >= 15 is 0 Å². The van der Waals surface area contributed by atoms with Gasteiger partial charge in [-0.05, 0) is 31.5 Å². The molecule has 3 aromatic carbocycles. The maximum absolute atomic E-state index is 14.3. The molecule has 1 N–H and O–H groups in total. The van der Waals surface area contributed by atoms with Gasteiger partial charge in [0.05, 0.1) is 34.2 Å². The molecule has 3 aromatic rings. The number of hydrogen-bond acceptors (Lipinski definition) is 8. The second kappa shape index (κ2) is 13.0. The predicted molar refractivity (Wildman–Crippen MR) is 140 cm³/mol. The highest BCUT2D eigenvalue weighted by Gasteiger charge is 2.36. The lowest BCUT2D eigenvalue weighted by Gasteiger charge is -2.26. The van der Waals surface area contributed by atoms with E-state index in [1.165, 1.54) is 36.4 Å². The van der Waals surface area contributed by atoms with Gasteiger partial charge in [-0.3, -0.25) is 30.1 Å². The molecule has 0 aliphatic carbocycles. The van der Waals surface area contributed by atoms with Crippen molar-refractivity contribution in [2.45, 2.75) is 39.4 Å². The Balaban J connectivity index is 1.94. The summed E-state index contributed by atoms with van der Waals surface area (Å²) in [7, 11) is -4.08. The summed E-state index contributed by atoms with van der Waals surface area (Å²) in [5.74, 6) is -0.928. The minimum absolute atomic E-state index is 0.177. The van der Waals surface area contributed by atoms with Crippen molar-refractivity contribution < 1.29 is 23.5 Å². The maximum Gasteiger partial charge on any atom is 0.352 e. The molecular formula is C26H28N3O7P. The standard InChI is InChI=1S/C26H28N3O7P/c1-20(2)16-26(27-17-21-10-4-3-5-11-21)37(34,35-18-22-12-6-8-14-24(22)28(30)31)36-19-23-13-7-9-15-25(23)29(32)33/h3-16,26-27H,17-19H2,1-2H3/t26-/m1/s1. The van der Waals surface area contributed by atoms with Gasteiger partial charge in [-0.25, -0.2) is 0 Å². The van der Waals surface area contributed by atoms with E-state index in [2.05, 4.69) is 5.32 Å². The molecule has 0 spiro atoms. The molecule has 0 fully saturated rings. The first-order valence-electron chi connectivity index (χ1n) is 11.5. The molecule has 10 nitrogen and oxygen atoms in total. The number of benzene rings is 3. The van der Waals surface area contributed by atoms with Gasteiger partial charge in [-0.2, -0.15) is 0 Å². The van der Waals surface area contributed by atoms with Crippen LogP contribution >= 0.6 is 7.60 Å². The predicted octanol–water partition coefficient (Wildman–Crippen LogP) is 6.51. The van der Waals surface area contributed by atoms with E-state index in [1.807, 2.05) is 44.2 Å². The number of rotatable bonds is 13. The Morgan fingerprint density at radius 2 is 1.30 bits per heavy atom. The molecule has 0 bridgehead atoms. The first-order chi connectivity index (χ1) is 17.7. The van der Waals surface area contributed by atoms with Gasteiger partial charge in [0.15, 0.2) is 0 Å². The van der Waals surface area contributed by atoms with Crippen molar-refractivity contribution >= 4 is 19.0 Å². The fraction of sp³-hybridized carbons (Fsp3) is 0.231. The van der Waals surface area contributed by atoms with Crippen LogP contribution < -0.4 is 5.32 Å². The summed E-state index contributed by atoms with van der Waals surface area (Å²) in [6.07, 6.45) is 1.70. The van der Waals surface area contributed by atoms with Crippen LogP contribution in [0.1, 0.15) is 30.5 Å². The molecule has 37 heavy (non-hydrogen) atoms. The Hall–Kier alpha value is -3.69. The third kappa shape index (κ3) is 7.90. The molecular weight excluding hydrogens is 497 g/mol. The number of para-hydroxylation sites is 2. The fourth-order valence-corrected chi connectivity index (χ4v) is 5.36. The van der Waals surface area contributed by atoms with Crippen LogP contribution in [0.4, 0.5) is 11.4 Å².